The van der Waals surface area contributed by atoms with E-state index in [1.807, 2.05) is 18.2 Å². The van der Waals surface area contributed by atoms with Crippen LogP contribution in [0.25, 0.3) is 0 Å². The molecule has 1 aliphatic heterocycles. The highest BCUT2D eigenvalue weighted by atomic mass is 32.2. The van der Waals surface area contributed by atoms with Crippen LogP contribution < -0.4 is 9.62 Å². The summed E-state index contributed by atoms with van der Waals surface area (Å²) < 4.78 is 27.9. The maximum Gasteiger partial charge on any atom is 0.273 e. The van der Waals surface area contributed by atoms with Crippen molar-refractivity contribution in [3.05, 3.63) is 41.3 Å². The first-order valence-electron chi connectivity index (χ1n) is 9.56. The molecule has 27 heavy (non-hydrogen) atoms. The van der Waals surface area contributed by atoms with E-state index >= 15 is 0 Å². The lowest BCUT2D eigenvalue weighted by Gasteiger charge is -2.30. The molecule has 2 aliphatic rings. The van der Waals surface area contributed by atoms with Crippen molar-refractivity contribution >= 4 is 38.6 Å². The van der Waals surface area contributed by atoms with Gasteiger partial charge in [0.2, 0.25) is 5.91 Å². The van der Waals surface area contributed by atoms with Gasteiger partial charge in [0.25, 0.3) is 10.0 Å². The third-order valence-corrected chi connectivity index (χ3v) is 8.63. The Morgan fingerprint density at radius 1 is 1.11 bits per heavy atom. The summed E-state index contributed by atoms with van der Waals surface area (Å²) in [5.74, 6) is 0.124. The second-order valence-corrected chi connectivity index (χ2v) is 10.3. The molecule has 4 rings (SSSR count). The first-order chi connectivity index (χ1) is 13.1. The zero-order valence-electron chi connectivity index (χ0n) is 15.2. The van der Waals surface area contributed by atoms with Crippen molar-refractivity contribution in [2.45, 2.75) is 49.2 Å². The van der Waals surface area contributed by atoms with Crippen LogP contribution in [0.5, 0.6) is 0 Å². The minimum atomic E-state index is -3.56. The predicted octanol–water partition coefficient (Wildman–Crippen LogP) is 4.41. The van der Waals surface area contributed by atoms with E-state index < -0.39 is 10.0 Å². The summed E-state index contributed by atoms with van der Waals surface area (Å²) in [5.41, 5.74) is 2.38. The zero-order valence-corrected chi connectivity index (χ0v) is 16.8. The van der Waals surface area contributed by atoms with E-state index in [1.165, 1.54) is 22.1 Å². The van der Waals surface area contributed by atoms with Crippen molar-refractivity contribution in [3.8, 4) is 0 Å². The summed E-state index contributed by atoms with van der Waals surface area (Å²) in [7, 11) is -3.56. The van der Waals surface area contributed by atoms with E-state index in [2.05, 4.69) is 5.32 Å². The van der Waals surface area contributed by atoms with E-state index in [4.69, 9.17) is 0 Å². The van der Waals surface area contributed by atoms with Gasteiger partial charge in [0, 0.05) is 18.2 Å². The second-order valence-electron chi connectivity index (χ2n) is 7.28. The average Bonchev–Trinajstić information content (AvgIpc) is 3.24. The predicted molar refractivity (Wildman–Crippen MR) is 109 cm³/mol. The van der Waals surface area contributed by atoms with Crippen molar-refractivity contribution in [2.75, 3.05) is 16.2 Å². The second kappa shape index (κ2) is 7.64. The highest BCUT2D eigenvalue weighted by Crippen LogP contribution is 2.35. The molecule has 0 saturated heterocycles. The van der Waals surface area contributed by atoms with Crippen LogP contribution in [0.1, 0.15) is 44.1 Å². The maximum absolute atomic E-state index is 13.0. The highest BCUT2D eigenvalue weighted by Gasteiger charge is 2.30. The maximum atomic E-state index is 13.0. The van der Waals surface area contributed by atoms with Gasteiger partial charge in [0.05, 0.1) is 5.69 Å². The molecule has 7 heteroatoms. The molecule has 1 fully saturated rings. The zero-order chi connectivity index (χ0) is 18.9. The molecule has 0 bridgehead atoms. The Kier molecular flexibility index (Phi) is 5.23. The number of amides is 1. The SMILES string of the molecule is O=C(Nc1ccc2c(c1)N(S(=O)(=O)c1cccs1)CCC2)C1CCCCC1. The average molecular weight is 405 g/mol. The van der Waals surface area contributed by atoms with Crippen LogP contribution in [0.2, 0.25) is 0 Å². The Morgan fingerprint density at radius 3 is 2.67 bits per heavy atom. The number of hydrogen-bond donors (Lipinski definition) is 1. The molecule has 1 aliphatic carbocycles. The number of fused-ring (bicyclic) bond motifs is 1. The summed E-state index contributed by atoms with van der Waals surface area (Å²) in [5, 5.41) is 4.79. The van der Waals surface area contributed by atoms with Gasteiger partial charge in [-0.25, -0.2) is 8.42 Å². The van der Waals surface area contributed by atoms with Crippen LogP contribution in [0.3, 0.4) is 0 Å². The Morgan fingerprint density at radius 2 is 1.93 bits per heavy atom. The minimum absolute atomic E-state index is 0.0538. The number of aryl methyl sites for hydroxylation is 1. The molecule has 0 radical (unpaired) electrons. The molecule has 1 saturated carbocycles. The van der Waals surface area contributed by atoms with Crippen molar-refractivity contribution in [1.82, 2.24) is 0 Å². The molecule has 2 aromatic rings. The first-order valence-corrected chi connectivity index (χ1v) is 11.9. The first kappa shape index (κ1) is 18.5. The van der Waals surface area contributed by atoms with Gasteiger partial charge in [0.15, 0.2) is 0 Å². The Labute approximate surface area is 164 Å². The van der Waals surface area contributed by atoms with Crippen LogP contribution >= 0.6 is 11.3 Å². The van der Waals surface area contributed by atoms with Gasteiger partial charge >= 0.3 is 0 Å². The molecular formula is C20H24N2O3S2. The van der Waals surface area contributed by atoms with Crippen molar-refractivity contribution in [1.29, 1.82) is 0 Å². The lowest BCUT2D eigenvalue weighted by molar-refractivity contribution is -0.120. The van der Waals surface area contributed by atoms with Gasteiger partial charge in [0.1, 0.15) is 4.21 Å². The fraction of sp³-hybridized carbons (Fsp3) is 0.450. The lowest BCUT2D eigenvalue weighted by Crippen LogP contribution is -2.35. The van der Waals surface area contributed by atoms with Crippen LogP contribution in [0.4, 0.5) is 11.4 Å². The lowest BCUT2D eigenvalue weighted by atomic mass is 9.88. The van der Waals surface area contributed by atoms with E-state index in [1.54, 1.807) is 17.5 Å². The fourth-order valence-corrected chi connectivity index (χ4v) is 6.63. The normalized spacial score (nSPS) is 18.1. The van der Waals surface area contributed by atoms with Crippen molar-refractivity contribution in [3.63, 3.8) is 0 Å². The van der Waals surface area contributed by atoms with Crippen LogP contribution in [-0.2, 0) is 21.2 Å². The summed E-state index contributed by atoms with van der Waals surface area (Å²) in [6.45, 7) is 0.466. The van der Waals surface area contributed by atoms with Gasteiger partial charge in [-0.15, -0.1) is 11.3 Å². The summed E-state index contributed by atoms with van der Waals surface area (Å²) in [6.07, 6.45) is 6.95. The van der Waals surface area contributed by atoms with Crippen LogP contribution in [0, 0.1) is 5.92 Å². The van der Waals surface area contributed by atoms with Crippen LogP contribution in [0.15, 0.2) is 39.9 Å². The number of nitrogens with one attached hydrogen (secondary N) is 1. The molecule has 1 aromatic carbocycles. The van der Waals surface area contributed by atoms with Gasteiger partial charge in [-0.05, 0) is 54.8 Å². The fourth-order valence-electron chi connectivity index (χ4n) is 4.00. The molecule has 1 amide bonds. The Hall–Kier alpha value is -1.86. The smallest absolute Gasteiger partial charge is 0.273 e. The minimum Gasteiger partial charge on any atom is -0.326 e. The summed E-state index contributed by atoms with van der Waals surface area (Å²) in [4.78, 5) is 12.6. The van der Waals surface area contributed by atoms with Crippen LogP contribution in [-0.4, -0.2) is 20.9 Å². The number of sulfonamides is 1. The number of hydrogen-bond acceptors (Lipinski definition) is 4. The number of carbonyl (C=O) groups excluding carboxylic acids is 1. The number of nitrogens with zero attached hydrogens (tertiary/aromatic N) is 1. The molecule has 0 unspecified atom stereocenters. The van der Waals surface area contributed by atoms with E-state index in [0.29, 0.717) is 22.1 Å². The third-order valence-electron chi connectivity index (χ3n) is 5.44. The van der Waals surface area contributed by atoms with Crippen molar-refractivity contribution < 1.29 is 13.2 Å². The van der Waals surface area contributed by atoms with Gasteiger partial charge in [-0.3, -0.25) is 9.10 Å². The quantitative estimate of drug-likeness (QED) is 0.821. The topological polar surface area (TPSA) is 66.5 Å². The molecular weight excluding hydrogens is 380 g/mol. The molecule has 1 N–H and O–H groups in total. The number of thiophene rings is 1. The van der Waals surface area contributed by atoms with E-state index in [9.17, 15) is 13.2 Å². The number of anilines is 2. The summed E-state index contributed by atoms with van der Waals surface area (Å²) in [6, 6.07) is 9.05. The Bertz CT molecular complexity index is 917. The molecule has 5 nitrogen and oxygen atoms in total. The molecule has 1 aromatic heterocycles. The van der Waals surface area contributed by atoms with Gasteiger partial charge in [-0.1, -0.05) is 31.4 Å². The van der Waals surface area contributed by atoms with E-state index in [0.717, 1.165) is 44.1 Å². The molecule has 144 valence electrons. The third kappa shape index (κ3) is 3.75. The van der Waals surface area contributed by atoms with Gasteiger partial charge in [-0.2, -0.15) is 0 Å². The standard InChI is InChI=1S/C20H24N2O3S2/c23-20(16-6-2-1-3-7-16)21-17-11-10-15-8-4-12-22(18(15)14-17)27(24,25)19-9-5-13-26-19/h5,9-11,13-14,16H,1-4,6-8,12H2,(H,21,23). The Balaban J connectivity index is 1.60. The van der Waals surface area contributed by atoms with E-state index in [-0.39, 0.29) is 11.8 Å². The van der Waals surface area contributed by atoms with Crippen molar-refractivity contribution in [2.24, 2.45) is 5.92 Å². The summed E-state index contributed by atoms with van der Waals surface area (Å²) >= 11 is 1.23. The largest absolute Gasteiger partial charge is 0.326 e. The molecule has 0 atom stereocenters. The number of carbonyl (C=O) groups is 1. The number of rotatable bonds is 4. The number of benzene rings is 1. The highest BCUT2D eigenvalue weighted by molar-refractivity contribution is 7.94. The molecule has 0 spiro atoms. The molecule has 2 heterocycles. The monoisotopic (exact) mass is 404 g/mol. The van der Waals surface area contributed by atoms with Gasteiger partial charge < -0.3 is 5.32 Å².